The van der Waals surface area contributed by atoms with Gasteiger partial charge in [0.15, 0.2) is 5.82 Å². The van der Waals surface area contributed by atoms with Gasteiger partial charge in [0.25, 0.3) is 11.5 Å². The molecule has 4 aromatic rings. The number of pyridine rings is 1. The van der Waals surface area contributed by atoms with Crippen LogP contribution in [0.15, 0.2) is 29.2 Å². The Bertz CT molecular complexity index is 1480. The maximum atomic E-state index is 13.5. The largest absolute Gasteiger partial charge is 0.385 e. The highest BCUT2D eigenvalue weighted by molar-refractivity contribution is 6.09. The minimum absolute atomic E-state index is 0.138. The first-order valence-electron chi connectivity index (χ1n) is 10.8. The van der Waals surface area contributed by atoms with Gasteiger partial charge < -0.3 is 10.1 Å². The number of anilines is 1. The average Bonchev–Trinajstić information content (AvgIpc) is 3.38. The van der Waals surface area contributed by atoms with Gasteiger partial charge in [-0.05, 0) is 67.9 Å². The maximum Gasteiger partial charge on any atom is 0.294 e. The molecule has 1 atom stereocenters. The van der Waals surface area contributed by atoms with Crippen molar-refractivity contribution >= 4 is 28.4 Å². The van der Waals surface area contributed by atoms with Crippen molar-refractivity contribution in [3.8, 4) is 0 Å². The van der Waals surface area contributed by atoms with Gasteiger partial charge in [-0.3, -0.25) is 18.9 Å². The Hall–Kier alpha value is -3.59. The molecule has 4 heterocycles. The monoisotopic (exact) mass is 430 g/mol. The van der Waals surface area contributed by atoms with Gasteiger partial charge in [-0.2, -0.15) is 0 Å². The lowest BCUT2D eigenvalue weighted by atomic mass is 10.1. The van der Waals surface area contributed by atoms with Gasteiger partial charge in [0.05, 0.1) is 11.0 Å². The first kappa shape index (κ1) is 19.1. The molecule has 32 heavy (non-hydrogen) atoms. The number of nitrogens with zero attached hydrogens (tertiary/aromatic N) is 5. The lowest BCUT2D eigenvalue weighted by Gasteiger charge is -2.18. The first-order chi connectivity index (χ1) is 15.4. The molecule has 1 saturated carbocycles. The first-order valence-corrected chi connectivity index (χ1v) is 10.8. The number of aromatic nitrogens is 5. The molecular formula is C23H22N6O3. The molecule has 0 spiro atoms. The van der Waals surface area contributed by atoms with Crippen molar-refractivity contribution in [3.05, 3.63) is 62.8 Å². The molecule has 9 heteroatoms. The minimum atomic E-state index is -0.771. The summed E-state index contributed by atoms with van der Waals surface area (Å²) in [7, 11) is 0. The van der Waals surface area contributed by atoms with Crippen molar-refractivity contribution < 1.29 is 9.90 Å². The zero-order chi connectivity index (χ0) is 22.1. The van der Waals surface area contributed by atoms with Crippen molar-refractivity contribution in [3.63, 3.8) is 0 Å². The molecule has 1 aromatic carbocycles. The van der Waals surface area contributed by atoms with Crippen LogP contribution in [0.4, 0.5) is 5.82 Å². The summed E-state index contributed by atoms with van der Waals surface area (Å²) >= 11 is 0. The van der Waals surface area contributed by atoms with Gasteiger partial charge in [0, 0.05) is 18.3 Å². The van der Waals surface area contributed by atoms with Crippen molar-refractivity contribution in [1.29, 1.82) is 0 Å². The topological polar surface area (TPSA) is 116 Å². The molecule has 1 aliphatic heterocycles. The Labute approximate surface area is 182 Å². The summed E-state index contributed by atoms with van der Waals surface area (Å²) in [4.78, 5) is 35.1. The van der Waals surface area contributed by atoms with Crippen molar-refractivity contribution in [2.24, 2.45) is 5.92 Å². The standard InChI is InChI=1S/C23H22N6O3/c1-11-7-14-5-6-28(19(14)24-10-11)23(32)15-9-16-17(8-12(15)2)29-20(18(30)13-3-4-13)26-27-21(29)22(31)25-16/h7-10,13,18,30H,3-6H2,1-2H3,(H,25,31). The number of benzene rings is 1. The van der Waals surface area contributed by atoms with E-state index in [-0.39, 0.29) is 17.5 Å². The van der Waals surface area contributed by atoms with E-state index in [4.69, 9.17) is 0 Å². The number of carbonyl (C=O) groups is 1. The Morgan fingerprint density at radius 2 is 2.03 bits per heavy atom. The van der Waals surface area contributed by atoms with Crippen LogP contribution >= 0.6 is 0 Å². The zero-order valence-electron chi connectivity index (χ0n) is 17.8. The summed E-state index contributed by atoms with van der Waals surface area (Å²) in [5.74, 6) is 1.05. The van der Waals surface area contributed by atoms with E-state index < -0.39 is 11.7 Å². The number of aliphatic hydroxyl groups excluding tert-OH is 1. The molecule has 0 saturated heterocycles. The maximum absolute atomic E-state index is 13.5. The number of aliphatic hydroxyl groups is 1. The molecule has 162 valence electrons. The third-order valence-corrected chi connectivity index (χ3v) is 6.47. The molecule has 2 aliphatic rings. The Morgan fingerprint density at radius 1 is 1.22 bits per heavy atom. The summed E-state index contributed by atoms with van der Waals surface area (Å²) < 4.78 is 1.62. The third-order valence-electron chi connectivity index (χ3n) is 6.47. The molecule has 2 N–H and O–H groups in total. The Morgan fingerprint density at radius 3 is 2.81 bits per heavy atom. The van der Waals surface area contributed by atoms with Crippen molar-refractivity contribution in [1.82, 2.24) is 24.6 Å². The molecule has 6 rings (SSSR count). The number of rotatable bonds is 3. The molecule has 0 radical (unpaired) electrons. The quantitative estimate of drug-likeness (QED) is 0.515. The van der Waals surface area contributed by atoms with Crippen LogP contribution in [-0.2, 0) is 6.42 Å². The Kier molecular flexibility index (Phi) is 4.00. The molecule has 1 amide bonds. The predicted octanol–water partition coefficient (Wildman–Crippen LogP) is 2.23. The number of hydrogen-bond donors (Lipinski definition) is 2. The number of aryl methyl sites for hydroxylation is 2. The highest BCUT2D eigenvalue weighted by atomic mass is 16.3. The smallest absolute Gasteiger partial charge is 0.294 e. The second-order valence-electron chi connectivity index (χ2n) is 8.84. The summed E-state index contributed by atoms with van der Waals surface area (Å²) in [5, 5.41) is 18.8. The van der Waals surface area contributed by atoms with Crippen LogP contribution in [0, 0.1) is 19.8 Å². The van der Waals surface area contributed by atoms with Gasteiger partial charge in [-0.1, -0.05) is 6.07 Å². The van der Waals surface area contributed by atoms with Gasteiger partial charge in [0.1, 0.15) is 11.9 Å². The van der Waals surface area contributed by atoms with E-state index in [9.17, 15) is 14.7 Å². The number of nitrogens with one attached hydrogen (secondary N) is 1. The Balaban J connectivity index is 1.49. The second kappa shape index (κ2) is 6.70. The fourth-order valence-electron chi connectivity index (χ4n) is 4.61. The van der Waals surface area contributed by atoms with Crippen LogP contribution in [0.2, 0.25) is 0 Å². The van der Waals surface area contributed by atoms with E-state index in [1.807, 2.05) is 19.9 Å². The molecule has 1 aliphatic carbocycles. The van der Waals surface area contributed by atoms with Crippen LogP contribution < -0.4 is 10.5 Å². The predicted molar refractivity (Wildman–Crippen MR) is 118 cm³/mol. The average molecular weight is 430 g/mol. The second-order valence-corrected chi connectivity index (χ2v) is 8.84. The van der Waals surface area contributed by atoms with Crippen molar-refractivity contribution in [2.75, 3.05) is 11.4 Å². The molecule has 0 bridgehead atoms. The van der Waals surface area contributed by atoms with Crippen LogP contribution in [-0.4, -0.2) is 42.1 Å². The highest BCUT2D eigenvalue weighted by Crippen LogP contribution is 2.40. The summed E-state index contributed by atoms with van der Waals surface area (Å²) in [6, 6.07) is 5.61. The van der Waals surface area contributed by atoms with E-state index in [1.165, 1.54) is 0 Å². The normalized spacial score (nSPS) is 16.7. The SMILES string of the molecule is Cc1cnc2c(c1)CCN2C(=O)c1cc2[nH]c(=O)c3nnc(C(O)C4CC4)n3c2cc1C. The van der Waals surface area contributed by atoms with E-state index in [0.717, 1.165) is 36.0 Å². The summed E-state index contributed by atoms with van der Waals surface area (Å²) in [5.41, 5.74) is 4.27. The number of amides is 1. The minimum Gasteiger partial charge on any atom is -0.385 e. The number of hydrogen-bond acceptors (Lipinski definition) is 6. The zero-order valence-corrected chi connectivity index (χ0v) is 17.8. The highest BCUT2D eigenvalue weighted by Gasteiger charge is 2.35. The van der Waals surface area contributed by atoms with Gasteiger partial charge in [0.2, 0.25) is 5.65 Å². The number of carbonyl (C=O) groups excluding carboxylic acids is 1. The van der Waals surface area contributed by atoms with Crippen LogP contribution in [0.3, 0.4) is 0 Å². The van der Waals surface area contributed by atoms with Crippen LogP contribution in [0.5, 0.6) is 0 Å². The molecule has 1 unspecified atom stereocenters. The molecule has 1 fully saturated rings. The van der Waals surface area contributed by atoms with Crippen LogP contribution in [0.25, 0.3) is 16.7 Å². The van der Waals surface area contributed by atoms with Gasteiger partial charge in [-0.15, -0.1) is 10.2 Å². The summed E-state index contributed by atoms with van der Waals surface area (Å²) in [6.45, 7) is 4.42. The number of aromatic amines is 1. The number of fused-ring (bicyclic) bond motifs is 4. The van der Waals surface area contributed by atoms with E-state index >= 15 is 0 Å². The van der Waals surface area contributed by atoms with E-state index in [1.54, 1.807) is 21.6 Å². The van der Waals surface area contributed by atoms with E-state index in [2.05, 4.69) is 26.2 Å². The molecular weight excluding hydrogens is 408 g/mol. The van der Waals surface area contributed by atoms with Gasteiger partial charge in [-0.25, -0.2) is 4.98 Å². The van der Waals surface area contributed by atoms with Gasteiger partial charge >= 0.3 is 0 Å². The molecule has 9 nitrogen and oxygen atoms in total. The van der Waals surface area contributed by atoms with Crippen LogP contribution in [0.1, 0.15) is 51.8 Å². The van der Waals surface area contributed by atoms with E-state index in [0.29, 0.717) is 34.8 Å². The lowest BCUT2D eigenvalue weighted by Crippen LogP contribution is -2.30. The lowest BCUT2D eigenvalue weighted by molar-refractivity contribution is 0.0988. The molecule has 3 aromatic heterocycles. The summed E-state index contributed by atoms with van der Waals surface area (Å²) in [6.07, 6.45) is 3.62. The van der Waals surface area contributed by atoms with Crippen molar-refractivity contribution in [2.45, 2.75) is 39.2 Å². The third kappa shape index (κ3) is 2.77. The number of H-pyrrole nitrogens is 1. The fraction of sp³-hybridized carbons (Fsp3) is 0.348. The fourth-order valence-corrected chi connectivity index (χ4v) is 4.61.